The van der Waals surface area contributed by atoms with Crippen molar-refractivity contribution in [2.45, 2.75) is 52.6 Å². The highest BCUT2D eigenvalue weighted by Gasteiger charge is 2.12. The summed E-state index contributed by atoms with van der Waals surface area (Å²) in [4.78, 5) is 2.49. The minimum atomic E-state index is 0.696. The van der Waals surface area contributed by atoms with E-state index in [2.05, 4.69) is 62.3 Å². The van der Waals surface area contributed by atoms with Crippen molar-refractivity contribution in [1.29, 1.82) is 0 Å². The van der Waals surface area contributed by atoms with Crippen LogP contribution < -0.4 is 5.32 Å². The van der Waals surface area contributed by atoms with Crippen LogP contribution >= 0.6 is 0 Å². The summed E-state index contributed by atoms with van der Waals surface area (Å²) in [5.74, 6) is 0. The maximum absolute atomic E-state index is 3.41. The quantitative estimate of drug-likeness (QED) is 0.686. The fraction of sp³-hybridized carbons (Fsp3) is 0.647. The molecule has 0 aliphatic heterocycles. The summed E-state index contributed by atoms with van der Waals surface area (Å²) in [5.41, 5.74) is 2.97. The first-order valence-electron chi connectivity index (χ1n) is 7.70. The monoisotopic (exact) mass is 262 g/mol. The molecule has 0 spiro atoms. The van der Waals surface area contributed by atoms with Crippen LogP contribution in [0.4, 0.5) is 0 Å². The Bertz CT molecular complexity index is 345. The van der Waals surface area contributed by atoms with Crippen LogP contribution in [0.15, 0.2) is 24.3 Å². The van der Waals surface area contributed by atoms with E-state index in [0.29, 0.717) is 6.04 Å². The van der Waals surface area contributed by atoms with E-state index >= 15 is 0 Å². The Morgan fingerprint density at radius 1 is 1.05 bits per heavy atom. The fourth-order valence-corrected chi connectivity index (χ4v) is 2.67. The Morgan fingerprint density at radius 2 is 1.68 bits per heavy atom. The van der Waals surface area contributed by atoms with Crippen LogP contribution in [0, 0.1) is 0 Å². The van der Waals surface area contributed by atoms with Gasteiger partial charge in [-0.1, -0.05) is 45.0 Å². The lowest BCUT2D eigenvalue weighted by Gasteiger charge is -2.27. The number of likely N-dealkylation sites (N-methyl/N-ethyl adjacent to an activating group) is 1. The summed E-state index contributed by atoms with van der Waals surface area (Å²) >= 11 is 0. The molecule has 0 aliphatic rings. The second-order valence-electron chi connectivity index (χ2n) is 5.26. The molecule has 0 amide bonds. The lowest BCUT2D eigenvalue weighted by Crippen LogP contribution is -2.30. The van der Waals surface area contributed by atoms with Crippen molar-refractivity contribution in [3.63, 3.8) is 0 Å². The van der Waals surface area contributed by atoms with Gasteiger partial charge in [0.15, 0.2) is 0 Å². The van der Waals surface area contributed by atoms with E-state index in [9.17, 15) is 0 Å². The molecule has 0 saturated heterocycles. The van der Waals surface area contributed by atoms with Crippen LogP contribution in [0.25, 0.3) is 0 Å². The molecule has 1 rings (SSSR count). The van der Waals surface area contributed by atoms with Gasteiger partial charge >= 0.3 is 0 Å². The summed E-state index contributed by atoms with van der Waals surface area (Å²) in [6.45, 7) is 9.91. The van der Waals surface area contributed by atoms with Gasteiger partial charge < -0.3 is 5.32 Å². The molecule has 0 aliphatic carbocycles. The zero-order chi connectivity index (χ0) is 14.1. The smallest absolute Gasteiger partial charge is 0.0236 e. The zero-order valence-corrected chi connectivity index (χ0v) is 13.1. The van der Waals surface area contributed by atoms with Crippen molar-refractivity contribution in [1.82, 2.24) is 10.2 Å². The van der Waals surface area contributed by atoms with Crippen LogP contribution in [-0.4, -0.2) is 31.1 Å². The molecule has 1 aromatic carbocycles. The summed E-state index contributed by atoms with van der Waals surface area (Å²) in [7, 11) is 2.25. The second kappa shape index (κ2) is 9.11. The number of hydrogen-bond acceptors (Lipinski definition) is 2. The van der Waals surface area contributed by atoms with Crippen molar-refractivity contribution in [3.05, 3.63) is 35.4 Å². The predicted octanol–water partition coefficient (Wildman–Crippen LogP) is 3.46. The first kappa shape index (κ1) is 16.2. The first-order chi connectivity index (χ1) is 9.22. The van der Waals surface area contributed by atoms with Crippen LogP contribution in [0.2, 0.25) is 0 Å². The first-order valence-corrected chi connectivity index (χ1v) is 7.70. The minimum Gasteiger partial charge on any atom is -0.317 e. The van der Waals surface area contributed by atoms with Crippen LogP contribution in [0.3, 0.4) is 0 Å². The molecule has 108 valence electrons. The van der Waals surface area contributed by atoms with Gasteiger partial charge in [0, 0.05) is 12.6 Å². The Hall–Kier alpha value is -0.860. The van der Waals surface area contributed by atoms with Gasteiger partial charge in [-0.2, -0.15) is 0 Å². The third-order valence-corrected chi connectivity index (χ3v) is 3.93. The average Bonchev–Trinajstić information content (AvgIpc) is 2.42. The molecular weight excluding hydrogens is 232 g/mol. The van der Waals surface area contributed by atoms with E-state index in [1.807, 2.05) is 0 Å². The topological polar surface area (TPSA) is 15.3 Å². The third kappa shape index (κ3) is 5.33. The Kier molecular flexibility index (Phi) is 7.76. The van der Waals surface area contributed by atoms with Gasteiger partial charge in [-0.3, -0.25) is 4.90 Å². The van der Waals surface area contributed by atoms with Crippen molar-refractivity contribution < 1.29 is 0 Å². The summed E-state index contributed by atoms with van der Waals surface area (Å²) in [6.07, 6.45) is 3.58. The minimum absolute atomic E-state index is 0.696. The van der Waals surface area contributed by atoms with Crippen molar-refractivity contribution in [2.24, 2.45) is 0 Å². The van der Waals surface area contributed by atoms with Gasteiger partial charge in [0.25, 0.3) is 0 Å². The molecule has 0 heterocycles. The standard InChI is InChI=1S/C17H30N2/c1-5-17(6-2)19(4)14-16-11-9-8-10-15(16)12-13-18-7-3/h8-11,17-18H,5-7,12-14H2,1-4H3. The lowest BCUT2D eigenvalue weighted by molar-refractivity contribution is 0.221. The van der Waals surface area contributed by atoms with Gasteiger partial charge in [0.1, 0.15) is 0 Å². The highest BCUT2D eigenvalue weighted by molar-refractivity contribution is 5.27. The van der Waals surface area contributed by atoms with Crippen molar-refractivity contribution >= 4 is 0 Å². The molecule has 1 aromatic rings. The summed E-state index contributed by atoms with van der Waals surface area (Å²) in [5, 5.41) is 3.41. The van der Waals surface area contributed by atoms with E-state index in [1.54, 1.807) is 0 Å². The number of benzene rings is 1. The van der Waals surface area contributed by atoms with Gasteiger partial charge in [0.2, 0.25) is 0 Å². The van der Waals surface area contributed by atoms with E-state index in [-0.39, 0.29) is 0 Å². The zero-order valence-electron chi connectivity index (χ0n) is 13.1. The molecule has 1 N–H and O–H groups in total. The van der Waals surface area contributed by atoms with Crippen molar-refractivity contribution in [3.8, 4) is 0 Å². The molecule has 2 nitrogen and oxygen atoms in total. The lowest BCUT2D eigenvalue weighted by atomic mass is 10.0. The normalized spacial score (nSPS) is 11.5. The number of nitrogens with zero attached hydrogens (tertiary/aromatic N) is 1. The average molecular weight is 262 g/mol. The molecule has 0 fully saturated rings. The molecule has 19 heavy (non-hydrogen) atoms. The molecule has 0 aromatic heterocycles. The Balaban J connectivity index is 2.66. The summed E-state index contributed by atoms with van der Waals surface area (Å²) in [6, 6.07) is 9.56. The van der Waals surface area contributed by atoms with E-state index < -0.39 is 0 Å². The van der Waals surface area contributed by atoms with Crippen LogP contribution in [0.5, 0.6) is 0 Å². The molecule has 0 radical (unpaired) electrons. The van der Waals surface area contributed by atoms with Crippen molar-refractivity contribution in [2.75, 3.05) is 20.1 Å². The van der Waals surface area contributed by atoms with E-state index in [1.165, 1.54) is 24.0 Å². The maximum Gasteiger partial charge on any atom is 0.0236 e. The fourth-order valence-electron chi connectivity index (χ4n) is 2.67. The summed E-state index contributed by atoms with van der Waals surface area (Å²) < 4.78 is 0. The Labute approximate surface area is 119 Å². The van der Waals surface area contributed by atoms with Gasteiger partial charge in [-0.15, -0.1) is 0 Å². The Morgan fingerprint density at radius 3 is 2.26 bits per heavy atom. The third-order valence-electron chi connectivity index (χ3n) is 3.93. The number of hydrogen-bond donors (Lipinski definition) is 1. The van der Waals surface area contributed by atoms with E-state index in [4.69, 9.17) is 0 Å². The molecule has 0 bridgehead atoms. The van der Waals surface area contributed by atoms with Gasteiger partial charge in [0.05, 0.1) is 0 Å². The van der Waals surface area contributed by atoms with Crippen LogP contribution in [0.1, 0.15) is 44.7 Å². The molecule has 0 atom stereocenters. The highest BCUT2D eigenvalue weighted by atomic mass is 15.1. The van der Waals surface area contributed by atoms with Gasteiger partial charge in [-0.25, -0.2) is 0 Å². The second-order valence-corrected chi connectivity index (χ2v) is 5.26. The predicted molar refractivity (Wildman–Crippen MR) is 84.5 cm³/mol. The SMILES string of the molecule is CCNCCc1ccccc1CN(C)C(CC)CC. The molecule has 2 heteroatoms. The highest BCUT2D eigenvalue weighted by Crippen LogP contribution is 2.15. The number of rotatable bonds is 9. The largest absolute Gasteiger partial charge is 0.317 e. The van der Waals surface area contributed by atoms with Gasteiger partial charge in [-0.05, 0) is 50.5 Å². The molecule has 0 unspecified atom stereocenters. The van der Waals surface area contributed by atoms with Crippen LogP contribution in [-0.2, 0) is 13.0 Å². The number of nitrogens with one attached hydrogen (secondary N) is 1. The molecular formula is C17H30N2. The van der Waals surface area contributed by atoms with E-state index in [0.717, 1.165) is 26.1 Å². The molecule has 0 saturated carbocycles. The maximum atomic E-state index is 3.41.